The van der Waals surface area contributed by atoms with Crippen molar-refractivity contribution in [1.29, 1.82) is 0 Å². The lowest BCUT2D eigenvalue weighted by molar-refractivity contribution is 0.116. The van der Waals surface area contributed by atoms with E-state index in [4.69, 9.17) is 20.1 Å². The first kappa shape index (κ1) is 19.1. The Kier molecular flexibility index (Phi) is 7.97. The van der Waals surface area contributed by atoms with Crippen LogP contribution in [0.3, 0.4) is 0 Å². The number of rotatable bonds is 8. The lowest BCUT2D eigenvalue weighted by Gasteiger charge is -2.08. The highest BCUT2D eigenvalue weighted by Gasteiger charge is 2.04. The van der Waals surface area contributed by atoms with E-state index in [2.05, 4.69) is 20.6 Å². The van der Waals surface area contributed by atoms with Crippen LogP contribution < -0.4 is 0 Å². The first-order valence-corrected chi connectivity index (χ1v) is 7.27. The first-order valence-electron chi connectivity index (χ1n) is 7.27. The second-order valence-corrected chi connectivity index (χ2v) is 5.04. The van der Waals surface area contributed by atoms with E-state index in [-0.39, 0.29) is 13.2 Å². The maximum absolute atomic E-state index is 8.66. The smallest absolute Gasteiger partial charge is 0.142 e. The van der Waals surface area contributed by atoms with Gasteiger partial charge in [0.2, 0.25) is 0 Å². The molecule has 0 saturated carbocycles. The summed E-state index contributed by atoms with van der Waals surface area (Å²) in [5.74, 6) is 0. The Morgan fingerprint density at radius 1 is 0.750 bits per heavy atom. The number of hydrogen-bond donors (Lipinski definition) is 2. The van der Waals surface area contributed by atoms with E-state index in [1.165, 1.54) is 0 Å². The quantitative estimate of drug-likeness (QED) is 0.432. The van der Waals surface area contributed by atoms with Gasteiger partial charge >= 0.3 is 0 Å². The average Bonchev–Trinajstić information content (AvgIpc) is 2.61. The molecule has 8 nitrogen and oxygen atoms in total. The van der Waals surface area contributed by atoms with E-state index in [0.717, 1.165) is 11.1 Å². The van der Waals surface area contributed by atoms with Crippen molar-refractivity contribution < 1.29 is 20.1 Å². The lowest BCUT2D eigenvalue weighted by Crippen LogP contribution is -2.07. The molecule has 0 radical (unpaired) electrons. The van der Waals surface area contributed by atoms with Crippen LogP contribution in [-0.2, 0) is 22.9 Å². The van der Waals surface area contributed by atoms with Crippen molar-refractivity contribution in [2.45, 2.75) is 40.9 Å². The zero-order valence-corrected chi connectivity index (χ0v) is 14.2. The van der Waals surface area contributed by atoms with Gasteiger partial charge in [0, 0.05) is 0 Å². The highest BCUT2D eigenvalue weighted by molar-refractivity contribution is 6.40. The minimum Gasteiger partial charge on any atom is -0.411 e. The van der Waals surface area contributed by atoms with Gasteiger partial charge in [-0.25, -0.2) is 0 Å². The van der Waals surface area contributed by atoms with Crippen LogP contribution in [0.4, 0.5) is 0 Å². The van der Waals surface area contributed by atoms with E-state index in [1.807, 2.05) is 24.3 Å². The van der Waals surface area contributed by atoms with Crippen LogP contribution in [-0.4, -0.2) is 33.3 Å². The zero-order chi connectivity index (χ0) is 17.9. The van der Waals surface area contributed by atoms with E-state index in [0.29, 0.717) is 22.8 Å². The van der Waals surface area contributed by atoms with Gasteiger partial charge in [0.15, 0.2) is 0 Å². The van der Waals surface area contributed by atoms with Crippen LogP contribution in [0, 0.1) is 0 Å². The van der Waals surface area contributed by atoms with Crippen LogP contribution >= 0.6 is 0 Å². The van der Waals surface area contributed by atoms with Gasteiger partial charge in [0.1, 0.15) is 36.1 Å². The van der Waals surface area contributed by atoms with Crippen molar-refractivity contribution in [3.05, 3.63) is 35.4 Å². The zero-order valence-electron chi connectivity index (χ0n) is 14.2. The molecule has 0 atom stereocenters. The van der Waals surface area contributed by atoms with E-state index in [9.17, 15) is 0 Å². The van der Waals surface area contributed by atoms with E-state index < -0.39 is 0 Å². The summed E-state index contributed by atoms with van der Waals surface area (Å²) in [4.78, 5) is 10.6. The average molecular weight is 334 g/mol. The second kappa shape index (κ2) is 9.98. The molecule has 0 saturated heterocycles. The second-order valence-electron chi connectivity index (χ2n) is 5.04. The van der Waals surface area contributed by atoms with Crippen molar-refractivity contribution in [3.63, 3.8) is 0 Å². The number of hydrogen-bond acceptors (Lipinski definition) is 8. The Balaban J connectivity index is 2.69. The maximum Gasteiger partial charge on any atom is 0.142 e. The fourth-order valence-corrected chi connectivity index (χ4v) is 1.51. The van der Waals surface area contributed by atoms with Crippen LogP contribution in [0.1, 0.15) is 38.8 Å². The Labute approximate surface area is 140 Å². The monoisotopic (exact) mass is 334 g/mol. The summed E-state index contributed by atoms with van der Waals surface area (Å²) in [6, 6.07) is 7.56. The molecule has 0 aromatic heterocycles. The molecule has 1 rings (SSSR count). The van der Waals surface area contributed by atoms with Gasteiger partial charge in [-0.2, -0.15) is 0 Å². The summed E-state index contributed by atoms with van der Waals surface area (Å²) in [7, 11) is 0. The summed E-state index contributed by atoms with van der Waals surface area (Å²) in [5.41, 5.74) is 3.55. The molecule has 2 N–H and O–H groups in total. The van der Waals surface area contributed by atoms with Gasteiger partial charge in [-0.05, 0) is 38.8 Å². The van der Waals surface area contributed by atoms with Crippen molar-refractivity contribution in [3.8, 4) is 0 Å². The molecule has 0 fully saturated rings. The molecule has 0 aliphatic heterocycles. The fourth-order valence-electron chi connectivity index (χ4n) is 1.51. The summed E-state index contributed by atoms with van der Waals surface area (Å²) >= 11 is 0. The Morgan fingerprint density at radius 3 is 1.46 bits per heavy atom. The molecule has 24 heavy (non-hydrogen) atoms. The molecule has 0 unspecified atom stereocenters. The van der Waals surface area contributed by atoms with Gasteiger partial charge in [-0.3, -0.25) is 0 Å². The molecule has 0 heterocycles. The van der Waals surface area contributed by atoms with Gasteiger partial charge in [-0.1, -0.05) is 44.9 Å². The number of oxime groups is 4. The van der Waals surface area contributed by atoms with Crippen LogP contribution in [0.15, 0.2) is 44.9 Å². The molecule has 0 aliphatic rings. The van der Waals surface area contributed by atoms with Crippen LogP contribution in [0.2, 0.25) is 0 Å². The summed E-state index contributed by atoms with van der Waals surface area (Å²) in [5, 5.41) is 31.2. The Bertz CT molecular complexity index is 609. The predicted molar refractivity (Wildman–Crippen MR) is 92.0 cm³/mol. The SMILES string of the molecule is CC(=N\O)/C(C)=N/OCc1ccccc1CO/N=C(C)/C(C)=N/O. The third kappa shape index (κ3) is 6.07. The van der Waals surface area contributed by atoms with Crippen molar-refractivity contribution in [2.24, 2.45) is 20.6 Å². The Morgan fingerprint density at radius 2 is 1.12 bits per heavy atom. The first-order chi connectivity index (χ1) is 11.5. The lowest BCUT2D eigenvalue weighted by atomic mass is 10.1. The van der Waals surface area contributed by atoms with Crippen LogP contribution in [0.25, 0.3) is 0 Å². The van der Waals surface area contributed by atoms with E-state index >= 15 is 0 Å². The molecule has 0 bridgehead atoms. The van der Waals surface area contributed by atoms with E-state index in [1.54, 1.807) is 27.7 Å². The third-order valence-corrected chi connectivity index (χ3v) is 3.31. The molecular weight excluding hydrogens is 312 g/mol. The molecule has 130 valence electrons. The predicted octanol–water partition coefficient (Wildman–Crippen LogP) is 3.17. The van der Waals surface area contributed by atoms with Gasteiger partial charge in [0.25, 0.3) is 0 Å². The molecule has 0 amide bonds. The summed E-state index contributed by atoms with van der Waals surface area (Å²) in [6.45, 7) is 7.12. The normalized spacial score (nSPS) is 13.8. The summed E-state index contributed by atoms with van der Waals surface area (Å²) < 4.78 is 0. The molecule has 0 spiro atoms. The molecule has 1 aromatic rings. The minimum atomic E-state index is 0.245. The standard InChI is InChI=1S/C16H22N4O4/c1-11(17-21)13(3)19-23-9-15-7-5-6-8-16(15)10-24-20-14(4)12(2)18-22/h5-8,21-22H,9-10H2,1-4H3/b17-11+,18-12+,19-13+,20-14+. The van der Waals surface area contributed by atoms with Crippen molar-refractivity contribution in [1.82, 2.24) is 0 Å². The highest BCUT2D eigenvalue weighted by Crippen LogP contribution is 2.12. The Hall–Kier alpha value is -2.90. The fraction of sp³-hybridized carbons (Fsp3) is 0.375. The third-order valence-electron chi connectivity index (χ3n) is 3.31. The number of benzene rings is 1. The van der Waals surface area contributed by atoms with Gasteiger partial charge in [-0.15, -0.1) is 0 Å². The molecular formula is C16H22N4O4. The van der Waals surface area contributed by atoms with Crippen molar-refractivity contribution in [2.75, 3.05) is 0 Å². The molecule has 1 aromatic carbocycles. The van der Waals surface area contributed by atoms with Gasteiger partial charge < -0.3 is 20.1 Å². The largest absolute Gasteiger partial charge is 0.411 e. The minimum absolute atomic E-state index is 0.245. The highest BCUT2D eigenvalue weighted by atomic mass is 16.6. The topological polar surface area (TPSA) is 108 Å². The maximum atomic E-state index is 8.66. The van der Waals surface area contributed by atoms with Crippen LogP contribution in [0.5, 0.6) is 0 Å². The molecule has 0 aliphatic carbocycles. The summed E-state index contributed by atoms with van der Waals surface area (Å²) in [6.07, 6.45) is 0. The van der Waals surface area contributed by atoms with Crippen molar-refractivity contribution >= 4 is 22.8 Å². The van der Waals surface area contributed by atoms with Gasteiger partial charge in [0.05, 0.1) is 0 Å². The number of nitrogens with zero attached hydrogens (tertiary/aromatic N) is 4. The molecule has 8 heteroatoms.